The van der Waals surface area contributed by atoms with E-state index < -0.39 is 0 Å². The molecule has 0 bridgehead atoms. The van der Waals surface area contributed by atoms with Gasteiger partial charge in [-0.25, -0.2) is 0 Å². The predicted octanol–water partition coefficient (Wildman–Crippen LogP) is 4.96. The Hall–Kier alpha value is -2.32. The van der Waals surface area contributed by atoms with Crippen molar-refractivity contribution in [3.05, 3.63) is 77.4 Å². The van der Waals surface area contributed by atoms with E-state index in [1.165, 1.54) is 27.5 Å². The number of methoxy groups -OCH3 is 1. The second-order valence-electron chi connectivity index (χ2n) is 6.75. The SMILES string of the molecule is COc1ccc(CC[C@@](C)(N)c2cccc3ccccc23)cc1C. The minimum absolute atomic E-state index is 0.366. The first-order chi connectivity index (χ1) is 11.5. The summed E-state index contributed by atoms with van der Waals surface area (Å²) >= 11 is 0. The molecule has 3 aromatic rings. The summed E-state index contributed by atoms with van der Waals surface area (Å²) in [5.41, 5.74) is 10.0. The van der Waals surface area contributed by atoms with Crippen LogP contribution in [-0.4, -0.2) is 7.11 Å². The molecule has 1 atom stereocenters. The number of fused-ring (bicyclic) bond motifs is 1. The van der Waals surface area contributed by atoms with Gasteiger partial charge in [-0.1, -0.05) is 54.6 Å². The highest BCUT2D eigenvalue weighted by Gasteiger charge is 2.23. The van der Waals surface area contributed by atoms with E-state index in [1.54, 1.807) is 7.11 Å². The molecular formula is C22H25NO. The number of nitrogens with two attached hydrogens (primary N) is 1. The van der Waals surface area contributed by atoms with E-state index in [9.17, 15) is 0 Å². The maximum Gasteiger partial charge on any atom is 0.121 e. The molecule has 3 aromatic carbocycles. The van der Waals surface area contributed by atoms with Crippen molar-refractivity contribution in [3.8, 4) is 5.75 Å². The Morgan fingerprint density at radius 2 is 1.75 bits per heavy atom. The largest absolute Gasteiger partial charge is 0.496 e. The van der Waals surface area contributed by atoms with Gasteiger partial charge in [0.1, 0.15) is 5.75 Å². The molecule has 0 aliphatic heterocycles. The summed E-state index contributed by atoms with van der Waals surface area (Å²) in [5, 5.41) is 2.49. The summed E-state index contributed by atoms with van der Waals surface area (Å²) in [5.74, 6) is 0.934. The van der Waals surface area contributed by atoms with Crippen molar-refractivity contribution >= 4 is 10.8 Å². The van der Waals surface area contributed by atoms with Gasteiger partial charge in [0.05, 0.1) is 7.11 Å². The molecule has 24 heavy (non-hydrogen) atoms. The first kappa shape index (κ1) is 16.5. The third-order valence-corrected chi connectivity index (χ3v) is 4.80. The Morgan fingerprint density at radius 1 is 1.00 bits per heavy atom. The summed E-state index contributed by atoms with van der Waals surface area (Å²) in [4.78, 5) is 0. The molecule has 0 saturated carbocycles. The molecule has 0 unspecified atom stereocenters. The van der Waals surface area contributed by atoms with Crippen LogP contribution in [0.1, 0.15) is 30.0 Å². The van der Waals surface area contributed by atoms with Crippen molar-refractivity contribution in [3.63, 3.8) is 0 Å². The van der Waals surface area contributed by atoms with E-state index in [0.29, 0.717) is 0 Å². The smallest absolute Gasteiger partial charge is 0.121 e. The molecule has 0 fully saturated rings. The third kappa shape index (κ3) is 3.29. The standard InChI is InChI=1S/C22H25NO/c1-16-15-17(11-12-21(16)24-3)13-14-22(2,23)20-10-6-8-18-7-4-5-9-19(18)20/h4-12,15H,13-14,23H2,1-3H3/t22-/m1/s1. The second kappa shape index (κ2) is 6.66. The van der Waals surface area contributed by atoms with Crippen molar-refractivity contribution in [2.45, 2.75) is 32.2 Å². The molecule has 0 saturated heterocycles. The Labute approximate surface area is 144 Å². The van der Waals surface area contributed by atoms with Crippen LogP contribution in [0.15, 0.2) is 60.7 Å². The third-order valence-electron chi connectivity index (χ3n) is 4.80. The summed E-state index contributed by atoms with van der Waals surface area (Å²) in [6.07, 6.45) is 1.84. The molecule has 0 aliphatic rings. The molecule has 0 aromatic heterocycles. The fraction of sp³-hybridized carbons (Fsp3) is 0.273. The molecule has 2 N–H and O–H groups in total. The van der Waals surface area contributed by atoms with Crippen molar-refractivity contribution in [1.82, 2.24) is 0 Å². The van der Waals surface area contributed by atoms with E-state index in [1.807, 2.05) is 6.07 Å². The molecule has 0 amide bonds. The van der Waals surface area contributed by atoms with Gasteiger partial charge in [-0.15, -0.1) is 0 Å². The second-order valence-corrected chi connectivity index (χ2v) is 6.75. The van der Waals surface area contributed by atoms with Gasteiger partial charge in [0, 0.05) is 5.54 Å². The number of benzene rings is 3. The molecule has 0 aliphatic carbocycles. The van der Waals surface area contributed by atoms with Gasteiger partial charge in [-0.3, -0.25) is 0 Å². The Morgan fingerprint density at radius 3 is 2.50 bits per heavy atom. The zero-order chi connectivity index (χ0) is 17.2. The lowest BCUT2D eigenvalue weighted by Gasteiger charge is -2.27. The average Bonchev–Trinajstić information content (AvgIpc) is 2.59. The van der Waals surface area contributed by atoms with Gasteiger partial charge < -0.3 is 10.5 Å². The van der Waals surface area contributed by atoms with E-state index >= 15 is 0 Å². The van der Waals surface area contributed by atoms with Gasteiger partial charge in [0.15, 0.2) is 0 Å². The lowest BCUT2D eigenvalue weighted by molar-refractivity contribution is 0.411. The summed E-state index contributed by atoms with van der Waals surface area (Å²) in [7, 11) is 1.71. The van der Waals surface area contributed by atoms with Crippen LogP contribution in [0.25, 0.3) is 10.8 Å². The van der Waals surface area contributed by atoms with Gasteiger partial charge in [-0.05, 0) is 60.2 Å². The number of ether oxygens (including phenoxy) is 1. The first-order valence-corrected chi connectivity index (χ1v) is 8.42. The van der Waals surface area contributed by atoms with E-state index in [4.69, 9.17) is 10.5 Å². The molecule has 0 radical (unpaired) electrons. The number of rotatable bonds is 5. The highest BCUT2D eigenvalue weighted by Crippen LogP contribution is 2.31. The molecule has 124 valence electrons. The Balaban J connectivity index is 1.84. The van der Waals surface area contributed by atoms with Crippen LogP contribution in [0.2, 0.25) is 0 Å². The van der Waals surface area contributed by atoms with Gasteiger partial charge >= 0.3 is 0 Å². The minimum atomic E-state index is -0.366. The maximum absolute atomic E-state index is 6.72. The number of aryl methyl sites for hydroxylation is 2. The van der Waals surface area contributed by atoms with Gasteiger partial charge in [-0.2, -0.15) is 0 Å². The number of hydrogen-bond donors (Lipinski definition) is 1. The van der Waals surface area contributed by atoms with Crippen molar-refractivity contribution in [2.75, 3.05) is 7.11 Å². The predicted molar refractivity (Wildman–Crippen MR) is 102 cm³/mol. The van der Waals surface area contributed by atoms with Crippen LogP contribution in [0.5, 0.6) is 5.75 Å². The number of hydrogen-bond acceptors (Lipinski definition) is 2. The zero-order valence-corrected chi connectivity index (χ0v) is 14.7. The van der Waals surface area contributed by atoms with E-state index in [-0.39, 0.29) is 5.54 Å². The fourth-order valence-electron chi connectivity index (χ4n) is 3.36. The molecular weight excluding hydrogens is 294 g/mol. The van der Waals surface area contributed by atoms with Crippen LogP contribution in [0, 0.1) is 6.92 Å². The van der Waals surface area contributed by atoms with Crippen LogP contribution < -0.4 is 10.5 Å². The molecule has 2 heteroatoms. The normalized spacial score (nSPS) is 13.7. The minimum Gasteiger partial charge on any atom is -0.496 e. The van der Waals surface area contributed by atoms with E-state index in [0.717, 1.165) is 18.6 Å². The van der Waals surface area contributed by atoms with Crippen LogP contribution >= 0.6 is 0 Å². The topological polar surface area (TPSA) is 35.2 Å². The highest BCUT2D eigenvalue weighted by atomic mass is 16.5. The van der Waals surface area contributed by atoms with Crippen LogP contribution in [0.3, 0.4) is 0 Å². The van der Waals surface area contributed by atoms with Crippen molar-refractivity contribution in [2.24, 2.45) is 5.73 Å². The molecule has 0 heterocycles. The van der Waals surface area contributed by atoms with Gasteiger partial charge in [0.2, 0.25) is 0 Å². The summed E-state index contributed by atoms with van der Waals surface area (Å²) in [6.45, 7) is 4.21. The van der Waals surface area contributed by atoms with Crippen molar-refractivity contribution in [1.29, 1.82) is 0 Å². The Bertz CT molecular complexity index is 846. The lowest BCUT2D eigenvalue weighted by Crippen LogP contribution is -2.33. The van der Waals surface area contributed by atoms with Crippen LogP contribution in [0.4, 0.5) is 0 Å². The Kier molecular flexibility index (Phi) is 4.59. The molecule has 0 spiro atoms. The average molecular weight is 319 g/mol. The van der Waals surface area contributed by atoms with Crippen LogP contribution in [-0.2, 0) is 12.0 Å². The quantitative estimate of drug-likeness (QED) is 0.721. The van der Waals surface area contributed by atoms with Crippen molar-refractivity contribution < 1.29 is 4.74 Å². The molecule has 3 rings (SSSR count). The highest BCUT2D eigenvalue weighted by molar-refractivity contribution is 5.86. The summed E-state index contributed by atoms with van der Waals surface area (Å²) in [6, 6.07) is 21.2. The van der Waals surface area contributed by atoms with Gasteiger partial charge in [0.25, 0.3) is 0 Å². The lowest BCUT2D eigenvalue weighted by atomic mass is 9.84. The fourth-order valence-corrected chi connectivity index (χ4v) is 3.36. The first-order valence-electron chi connectivity index (χ1n) is 8.42. The maximum atomic E-state index is 6.72. The zero-order valence-electron chi connectivity index (χ0n) is 14.7. The van der Waals surface area contributed by atoms with E-state index in [2.05, 4.69) is 68.4 Å². The monoisotopic (exact) mass is 319 g/mol. The summed E-state index contributed by atoms with van der Waals surface area (Å²) < 4.78 is 5.34. The molecule has 2 nitrogen and oxygen atoms in total.